The first kappa shape index (κ1) is 15.6. The molecule has 24 heavy (non-hydrogen) atoms. The number of para-hydroxylation sites is 1. The minimum absolute atomic E-state index is 0.731. The Labute approximate surface area is 144 Å². The molecule has 0 N–H and O–H groups in total. The van der Waals surface area contributed by atoms with Crippen molar-refractivity contribution >= 4 is 22.7 Å². The number of hydrogen-bond acceptors (Lipinski definition) is 7. The number of morpholine rings is 1. The van der Waals surface area contributed by atoms with Gasteiger partial charge in [-0.25, -0.2) is 9.97 Å². The zero-order chi connectivity index (χ0) is 16.2. The number of thioether (sulfide) groups is 1. The average molecular weight is 342 g/mol. The molecular weight excluding hydrogens is 324 g/mol. The first-order valence-electron chi connectivity index (χ1n) is 7.96. The molecule has 1 aromatic carbocycles. The summed E-state index contributed by atoms with van der Waals surface area (Å²) in [5.41, 5.74) is 1.90. The molecule has 3 heterocycles. The first-order valence-corrected chi connectivity index (χ1v) is 8.95. The minimum Gasteiger partial charge on any atom is -0.379 e. The SMILES string of the molecule is c1ccc2c(SCc3ccon3)nc(CN3CCOCC3)nc2c1. The van der Waals surface area contributed by atoms with Crippen LogP contribution in [0.15, 0.2) is 46.1 Å². The van der Waals surface area contributed by atoms with Crippen LogP contribution in [0.3, 0.4) is 0 Å². The van der Waals surface area contributed by atoms with Crippen molar-refractivity contribution in [2.24, 2.45) is 0 Å². The Kier molecular flexibility index (Phi) is 4.73. The van der Waals surface area contributed by atoms with Crippen molar-refractivity contribution in [1.82, 2.24) is 20.0 Å². The fourth-order valence-electron chi connectivity index (χ4n) is 2.69. The molecule has 1 saturated heterocycles. The van der Waals surface area contributed by atoms with Crippen LogP contribution in [0.5, 0.6) is 0 Å². The van der Waals surface area contributed by atoms with E-state index in [1.165, 1.54) is 0 Å². The maximum Gasteiger partial charge on any atom is 0.144 e. The Hall–Kier alpha value is -1.96. The Morgan fingerprint density at radius 3 is 2.79 bits per heavy atom. The smallest absolute Gasteiger partial charge is 0.144 e. The second-order valence-electron chi connectivity index (χ2n) is 5.63. The Morgan fingerprint density at radius 1 is 1.08 bits per heavy atom. The van der Waals surface area contributed by atoms with Crippen molar-refractivity contribution in [3.8, 4) is 0 Å². The van der Waals surface area contributed by atoms with Crippen LogP contribution in [0.2, 0.25) is 0 Å². The van der Waals surface area contributed by atoms with Crippen molar-refractivity contribution < 1.29 is 9.26 Å². The molecule has 6 nitrogen and oxygen atoms in total. The molecule has 1 fully saturated rings. The quantitative estimate of drug-likeness (QED) is 0.522. The third kappa shape index (κ3) is 3.58. The van der Waals surface area contributed by atoms with Crippen LogP contribution in [-0.2, 0) is 17.0 Å². The number of fused-ring (bicyclic) bond motifs is 1. The summed E-state index contributed by atoms with van der Waals surface area (Å²) < 4.78 is 10.3. The first-order chi connectivity index (χ1) is 11.9. The summed E-state index contributed by atoms with van der Waals surface area (Å²) in [5.74, 6) is 1.59. The van der Waals surface area contributed by atoms with E-state index in [9.17, 15) is 0 Å². The highest BCUT2D eigenvalue weighted by Gasteiger charge is 2.15. The molecule has 0 saturated carbocycles. The summed E-state index contributed by atoms with van der Waals surface area (Å²) in [4.78, 5) is 11.9. The van der Waals surface area contributed by atoms with E-state index < -0.39 is 0 Å². The summed E-state index contributed by atoms with van der Waals surface area (Å²) >= 11 is 1.67. The van der Waals surface area contributed by atoms with Gasteiger partial charge in [0.1, 0.15) is 17.1 Å². The van der Waals surface area contributed by atoms with Gasteiger partial charge in [0.15, 0.2) is 0 Å². The van der Waals surface area contributed by atoms with Crippen LogP contribution >= 0.6 is 11.8 Å². The molecule has 7 heteroatoms. The lowest BCUT2D eigenvalue weighted by Crippen LogP contribution is -2.36. The highest BCUT2D eigenvalue weighted by atomic mass is 32.2. The number of ether oxygens (including phenoxy) is 1. The molecule has 1 aliphatic rings. The van der Waals surface area contributed by atoms with Crippen molar-refractivity contribution in [3.05, 3.63) is 48.1 Å². The van der Waals surface area contributed by atoms with Gasteiger partial charge in [-0.2, -0.15) is 0 Å². The summed E-state index contributed by atoms with van der Waals surface area (Å²) in [5, 5.41) is 6.04. The minimum atomic E-state index is 0.731. The van der Waals surface area contributed by atoms with Gasteiger partial charge in [0.2, 0.25) is 0 Å². The van der Waals surface area contributed by atoms with E-state index in [0.29, 0.717) is 0 Å². The van der Waals surface area contributed by atoms with Gasteiger partial charge >= 0.3 is 0 Å². The predicted octanol–water partition coefficient (Wildman–Crippen LogP) is 2.74. The normalized spacial score (nSPS) is 15.8. The number of nitrogens with zero attached hydrogens (tertiary/aromatic N) is 4. The van der Waals surface area contributed by atoms with E-state index in [0.717, 1.165) is 66.0 Å². The number of rotatable bonds is 5. The molecule has 1 aliphatic heterocycles. The summed E-state index contributed by atoms with van der Waals surface area (Å²) in [6.07, 6.45) is 1.60. The van der Waals surface area contributed by atoms with Crippen molar-refractivity contribution in [2.75, 3.05) is 26.3 Å². The van der Waals surface area contributed by atoms with Crippen molar-refractivity contribution in [2.45, 2.75) is 17.3 Å². The zero-order valence-corrected chi connectivity index (χ0v) is 14.0. The van der Waals surface area contributed by atoms with E-state index in [1.807, 2.05) is 24.3 Å². The predicted molar refractivity (Wildman–Crippen MR) is 91.7 cm³/mol. The average Bonchev–Trinajstić information content (AvgIpc) is 3.14. The van der Waals surface area contributed by atoms with Gasteiger partial charge in [0, 0.05) is 30.3 Å². The third-order valence-electron chi connectivity index (χ3n) is 3.93. The maximum atomic E-state index is 5.41. The second-order valence-corrected chi connectivity index (χ2v) is 6.59. The standard InChI is InChI=1S/C17H18N4O2S/c1-2-4-15-14(3-1)17(24-12-13-5-8-23-20-13)19-16(18-15)11-21-6-9-22-10-7-21/h1-5,8H,6-7,9-12H2. The Morgan fingerprint density at radius 2 is 1.96 bits per heavy atom. The molecule has 4 rings (SSSR count). The molecule has 0 aliphatic carbocycles. The van der Waals surface area contributed by atoms with E-state index >= 15 is 0 Å². The van der Waals surface area contributed by atoms with E-state index in [-0.39, 0.29) is 0 Å². The number of benzene rings is 1. The molecule has 0 amide bonds. The van der Waals surface area contributed by atoms with Gasteiger partial charge in [-0.1, -0.05) is 35.1 Å². The van der Waals surface area contributed by atoms with Gasteiger partial charge in [0.05, 0.1) is 31.0 Å². The Bertz CT molecular complexity index is 803. The van der Waals surface area contributed by atoms with Gasteiger partial charge in [-0.3, -0.25) is 4.90 Å². The fourth-order valence-corrected chi connectivity index (χ4v) is 3.62. The zero-order valence-electron chi connectivity index (χ0n) is 13.2. The number of aromatic nitrogens is 3. The molecule has 0 bridgehead atoms. The van der Waals surface area contributed by atoms with Crippen LogP contribution in [0.25, 0.3) is 10.9 Å². The highest BCUT2D eigenvalue weighted by molar-refractivity contribution is 7.98. The van der Waals surface area contributed by atoms with E-state index in [4.69, 9.17) is 19.2 Å². The topological polar surface area (TPSA) is 64.3 Å². The van der Waals surface area contributed by atoms with Crippen LogP contribution in [0, 0.1) is 0 Å². The van der Waals surface area contributed by atoms with Crippen molar-refractivity contribution in [3.63, 3.8) is 0 Å². The lowest BCUT2D eigenvalue weighted by atomic mass is 10.2. The van der Waals surface area contributed by atoms with Crippen LogP contribution in [0.4, 0.5) is 0 Å². The molecule has 2 aromatic heterocycles. The molecule has 0 radical (unpaired) electrons. The van der Waals surface area contributed by atoms with Gasteiger partial charge in [0.25, 0.3) is 0 Å². The molecule has 0 atom stereocenters. The van der Waals surface area contributed by atoms with Gasteiger partial charge in [-0.15, -0.1) is 0 Å². The maximum absolute atomic E-state index is 5.41. The lowest BCUT2D eigenvalue weighted by molar-refractivity contribution is 0.0330. The third-order valence-corrected chi connectivity index (χ3v) is 4.96. The summed E-state index contributed by atoms with van der Waals surface area (Å²) in [6, 6.07) is 10.0. The molecule has 0 unspecified atom stereocenters. The van der Waals surface area contributed by atoms with Gasteiger partial charge in [-0.05, 0) is 6.07 Å². The van der Waals surface area contributed by atoms with Crippen molar-refractivity contribution in [1.29, 1.82) is 0 Å². The van der Waals surface area contributed by atoms with Gasteiger partial charge < -0.3 is 9.26 Å². The second kappa shape index (κ2) is 7.29. The monoisotopic (exact) mass is 342 g/mol. The highest BCUT2D eigenvalue weighted by Crippen LogP contribution is 2.28. The van der Waals surface area contributed by atoms with Crippen LogP contribution in [0.1, 0.15) is 11.5 Å². The molecule has 124 valence electrons. The Balaban J connectivity index is 1.60. The number of hydrogen-bond donors (Lipinski definition) is 0. The molecule has 3 aromatic rings. The van der Waals surface area contributed by atoms with Crippen LogP contribution in [-0.4, -0.2) is 46.3 Å². The van der Waals surface area contributed by atoms with E-state index in [1.54, 1.807) is 18.0 Å². The largest absolute Gasteiger partial charge is 0.379 e. The lowest BCUT2D eigenvalue weighted by Gasteiger charge is -2.25. The summed E-state index contributed by atoms with van der Waals surface area (Å²) in [6.45, 7) is 4.17. The molecule has 0 spiro atoms. The summed E-state index contributed by atoms with van der Waals surface area (Å²) in [7, 11) is 0. The molecular formula is C17H18N4O2S. The van der Waals surface area contributed by atoms with Crippen LogP contribution < -0.4 is 0 Å². The fraction of sp³-hybridized carbons (Fsp3) is 0.353. The van der Waals surface area contributed by atoms with E-state index in [2.05, 4.69) is 16.1 Å².